The van der Waals surface area contributed by atoms with Gasteiger partial charge in [-0.05, 0) is 6.92 Å². The van der Waals surface area contributed by atoms with E-state index in [-0.39, 0.29) is 6.61 Å². The van der Waals surface area contributed by atoms with Gasteiger partial charge in [0.05, 0.1) is 12.6 Å². The van der Waals surface area contributed by atoms with Crippen LogP contribution in [-0.4, -0.2) is 18.7 Å². The molecule has 1 rings (SSSR count). The van der Waals surface area contributed by atoms with Gasteiger partial charge in [-0.15, -0.1) is 0 Å². The van der Waals surface area contributed by atoms with E-state index in [1.54, 1.807) is 0 Å². The molecule has 100 valence electrons. The van der Waals surface area contributed by atoms with Crippen molar-refractivity contribution in [2.75, 3.05) is 6.61 Å². The molecule has 0 radical (unpaired) electrons. The van der Waals surface area contributed by atoms with E-state index in [0.717, 1.165) is 0 Å². The summed E-state index contributed by atoms with van der Waals surface area (Å²) in [5.74, 6) is -5.19. The molecule has 7 heteroatoms. The van der Waals surface area contributed by atoms with E-state index >= 15 is 0 Å². The van der Waals surface area contributed by atoms with Crippen molar-refractivity contribution in [2.24, 2.45) is 5.73 Å². The molecule has 2 N–H and O–H groups in total. The minimum absolute atomic E-state index is 0.0969. The predicted octanol–water partition coefficient (Wildman–Crippen LogP) is 2.00. The summed E-state index contributed by atoms with van der Waals surface area (Å²) in [4.78, 5) is 11.1. The van der Waals surface area contributed by atoms with E-state index in [9.17, 15) is 22.4 Å². The number of esters is 1. The van der Waals surface area contributed by atoms with Gasteiger partial charge in [-0.25, -0.2) is 22.4 Å². The van der Waals surface area contributed by atoms with E-state index in [1.807, 2.05) is 0 Å². The van der Waals surface area contributed by atoms with Crippen LogP contribution >= 0.6 is 0 Å². The largest absolute Gasteiger partial charge is 0.464 e. The lowest BCUT2D eigenvalue weighted by molar-refractivity contribution is -0.150. The zero-order valence-electron chi connectivity index (χ0n) is 9.42. The first-order valence-corrected chi connectivity index (χ1v) is 5.09. The van der Waals surface area contributed by atoms with Crippen LogP contribution in [0.5, 0.6) is 0 Å². The lowest BCUT2D eigenvalue weighted by atomic mass is 10.0. The number of hydrogen-bond donors (Lipinski definition) is 1. The zero-order chi connectivity index (χ0) is 13.9. The van der Waals surface area contributed by atoms with Crippen LogP contribution in [0.2, 0.25) is 0 Å². The van der Waals surface area contributed by atoms with Crippen molar-refractivity contribution in [3.05, 3.63) is 35.1 Å². The van der Waals surface area contributed by atoms with Crippen molar-refractivity contribution >= 4 is 5.97 Å². The second-order valence-corrected chi connectivity index (χ2v) is 3.46. The van der Waals surface area contributed by atoms with Gasteiger partial charge >= 0.3 is 5.97 Å². The SMILES string of the molecule is CCOC(=O)C(F)[C@H](N)c1c(F)cc(F)cc1F. The number of nitrogens with two attached hydrogens (primary N) is 1. The maximum absolute atomic E-state index is 13.5. The molecule has 0 saturated carbocycles. The first-order valence-electron chi connectivity index (χ1n) is 5.09. The molecule has 1 aromatic rings. The maximum atomic E-state index is 13.5. The Hall–Kier alpha value is -1.63. The Morgan fingerprint density at radius 3 is 2.28 bits per heavy atom. The molecular weight excluding hydrogens is 254 g/mol. The summed E-state index contributed by atoms with van der Waals surface area (Å²) in [5.41, 5.74) is 4.35. The van der Waals surface area contributed by atoms with Crippen LogP contribution in [0.3, 0.4) is 0 Å². The second-order valence-electron chi connectivity index (χ2n) is 3.46. The van der Waals surface area contributed by atoms with Gasteiger partial charge in [0.1, 0.15) is 17.5 Å². The van der Waals surface area contributed by atoms with Crippen LogP contribution in [0.1, 0.15) is 18.5 Å². The fraction of sp³-hybridized carbons (Fsp3) is 0.364. The highest BCUT2D eigenvalue weighted by Gasteiger charge is 2.32. The van der Waals surface area contributed by atoms with E-state index in [2.05, 4.69) is 4.74 Å². The Kier molecular flexibility index (Phi) is 4.66. The molecule has 1 aromatic carbocycles. The molecule has 0 aromatic heterocycles. The molecule has 0 aliphatic carbocycles. The molecule has 0 fully saturated rings. The van der Waals surface area contributed by atoms with Gasteiger partial charge in [-0.1, -0.05) is 0 Å². The first-order chi connectivity index (χ1) is 8.38. The molecule has 0 aliphatic rings. The molecule has 3 nitrogen and oxygen atoms in total. The van der Waals surface area contributed by atoms with Gasteiger partial charge < -0.3 is 10.5 Å². The lowest BCUT2D eigenvalue weighted by Crippen LogP contribution is -2.33. The van der Waals surface area contributed by atoms with E-state index < -0.39 is 41.2 Å². The third-order valence-electron chi connectivity index (χ3n) is 2.20. The van der Waals surface area contributed by atoms with Gasteiger partial charge in [0.15, 0.2) is 0 Å². The van der Waals surface area contributed by atoms with Gasteiger partial charge in [0.25, 0.3) is 0 Å². The lowest BCUT2D eigenvalue weighted by Gasteiger charge is -2.17. The van der Waals surface area contributed by atoms with Crippen molar-refractivity contribution in [3.63, 3.8) is 0 Å². The quantitative estimate of drug-likeness (QED) is 0.669. The van der Waals surface area contributed by atoms with Gasteiger partial charge in [-0.3, -0.25) is 0 Å². The first kappa shape index (κ1) is 14.4. The molecule has 0 heterocycles. The van der Waals surface area contributed by atoms with Crippen molar-refractivity contribution < 1.29 is 27.1 Å². The van der Waals surface area contributed by atoms with E-state index in [4.69, 9.17) is 5.73 Å². The van der Waals surface area contributed by atoms with Gasteiger partial charge in [-0.2, -0.15) is 0 Å². The standard InChI is InChI=1S/C11H11F4NO2/c1-2-18-11(17)9(15)10(16)8-6(13)3-5(12)4-7(8)14/h3-4,9-10H,2,16H2,1H3/t9?,10-/m1/s1. The van der Waals surface area contributed by atoms with Crippen LogP contribution in [-0.2, 0) is 9.53 Å². The molecule has 0 bridgehead atoms. The van der Waals surface area contributed by atoms with Crippen molar-refractivity contribution in [2.45, 2.75) is 19.1 Å². The van der Waals surface area contributed by atoms with Crippen LogP contribution in [0, 0.1) is 17.5 Å². The van der Waals surface area contributed by atoms with Crippen LogP contribution in [0.15, 0.2) is 12.1 Å². The molecule has 1 unspecified atom stereocenters. The van der Waals surface area contributed by atoms with Crippen LogP contribution in [0.25, 0.3) is 0 Å². The fourth-order valence-corrected chi connectivity index (χ4v) is 1.39. The van der Waals surface area contributed by atoms with Crippen molar-refractivity contribution in [1.82, 2.24) is 0 Å². The summed E-state index contributed by atoms with van der Waals surface area (Å²) >= 11 is 0. The number of benzene rings is 1. The Balaban J connectivity index is 3.03. The normalized spacial score (nSPS) is 14.1. The monoisotopic (exact) mass is 265 g/mol. The Bertz CT molecular complexity index is 430. The third kappa shape index (κ3) is 2.98. The summed E-state index contributed by atoms with van der Waals surface area (Å²) in [7, 11) is 0. The number of rotatable bonds is 4. The van der Waals surface area contributed by atoms with Gasteiger partial charge in [0.2, 0.25) is 6.17 Å². The highest BCUT2D eigenvalue weighted by atomic mass is 19.2. The van der Waals surface area contributed by atoms with Crippen LogP contribution < -0.4 is 5.73 Å². The highest BCUT2D eigenvalue weighted by molar-refractivity contribution is 5.75. The summed E-state index contributed by atoms with van der Waals surface area (Å²) in [6.07, 6.45) is -2.43. The Morgan fingerprint density at radius 1 is 1.33 bits per heavy atom. The third-order valence-corrected chi connectivity index (χ3v) is 2.20. The highest BCUT2D eigenvalue weighted by Crippen LogP contribution is 2.24. The fourth-order valence-electron chi connectivity index (χ4n) is 1.39. The molecule has 0 spiro atoms. The Labute approximate surface area is 101 Å². The molecule has 2 atom stereocenters. The number of alkyl halides is 1. The average Bonchev–Trinajstić information content (AvgIpc) is 2.26. The smallest absolute Gasteiger partial charge is 0.342 e. The number of ether oxygens (including phenoxy) is 1. The van der Waals surface area contributed by atoms with Crippen molar-refractivity contribution in [1.29, 1.82) is 0 Å². The number of carbonyl (C=O) groups is 1. The number of halogens is 4. The van der Waals surface area contributed by atoms with Gasteiger partial charge in [0, 0.05) is 17.7 Å². The summed E-state index contributed by atoms with van der Waals surface area (Å²) < 4.78 is 57.1. The maximum Gasteiger partial charge on any atom is 0.342 e. The van der Waals surface area contributed by atoms with E-state index in [1.165, 1.54) is 6.92 Å². The minimum Gasteiger partial charge on any atom is -0.464 e. The molecule has 0 saturated heterocycles. The van der Waals surface area contributed by atoms with Crippen LogP contribution in [0.4, 0.5) is 17.6 Å². The number of carbonyl (C=O) groups excluding carboxylic acids is 1. The van der Waals surface area contributed by atoms with E-state index in [0.29, 0.717) is 12.1 Å². The average molecular weight is 265 g/mol. The zero-order valence-corrected chi connectivity index (χ0v) is 9.42. The number of hydrogen-bond acceptors (Lipinski definition) is 3. The second kappa shape index (κ2) is 5.81. The molecular formula is C11H11F4NO2. The molecule has 18 heavy (non-hydrogen) atoms. The summed E-state index contributed by atoms with van der Waals surface area (Å²) in [6.45, 7) is 1.34. The topological polar surface area (TPSA) is 52.3 Å². The molecule has 0 aliphatic heterocycles. The molecule has 0 amide bonds. The predicted molar refractivity (Wildman–Crippen MR) is 54.8 cm³/mol. The minimum atomic E-state index is -2.43. The summed E-state index contributed by atoms with van der Waals surface area (Å²) in [6, 6.07) is -1.18. The van der Waals surface area contributed by atoms with Crippen molar-refractivity contribution in [3.8, 4) is 0 Å². The Morgan fingerprint density at radius 2 is 1.83 bits per heavy atom. The summed E-state index contributed by atoms with van der Waals surface area (Å²) in [5, 5.41) is 0.